The molecule has 1 aromatic carbocycles. The van der Waals surface area contributed by atoms with E-state index in [1.165, 1.54) is 4.52 Å². The van der Waals surface area contributed by atoms with Crippen LogP contribution in [0, 0.1) is 5.95 Å². The van der Waals surface area contributed by atoms with Gasteiger partial charge in [-0.15, -0.1) is 5.10 Å². The molecular weight excluding hydrogens is 385 g/mol. The zero-order chi connectivity index (χ0) is 17.2. The van der Waals surface area contributed by atoms with E-state index in [-0.39, 0.29) is 4.47 Å². The number of aromatic nitrogens is 4. The third-order valence-corrected chi connectivity index (χ3v) is 4.44. The molecular formula is C18H13BrFN5. The highest BCUT2D eigenvalue weighted by molar-refractivity contribution is 9.10. The third-order valence-electron chi connectivity index (χ3n) is 3.76. The predicted molar refractivity (Wildman–Crippen MR) is 97.6 cm³/mol. The van der Waals surface area contributed by atoms with Crippen molar-refractivity contribution in [2.24, 2.45) is 0 Å². The molecule has 0 radical (unpaired) electrons. The summed E-state index contributed by atoms with van der Waals surface area (Å²) in [5.74, 6) is 0.0550. The standard InChI is InChI=1S/C18H13BrFN5/c19-16-17(20)24-25-15(22-11-12-5-4-8-21-10-12)9-14(23-18(16)25)13-6-2-1-3-7-13/h1-10,22H,11H2. The molecule has 0 spiro atoms. The number of fused-ring (bicyclic) bond motifs is 1. The average molecular weight is 398 g/mol. The Labute approximate surface area is 151 Å². The largest absolute Gasteiger partial charge is 0.366 e. The van der Waals surface area contributed by atoms with Crippen LogP contribution in [0.1, 0.15) is 5.56 Å². The SMILES string of the molecule is Fc1nn2c(NCc3cccnc3)cc(-c3ccccc3)nc2c1Br. The molecule has 0 aliphatic carbocycles. The molecule has 0 bridgehead atoms. The molecule has 1 N–H and O–H groups in total. The Balaban J connectivity index is 1.79. The lowest BCUT2D eigenvalue weighted by Gasteiger charge is -2.10. The van der Waals surface area contributed by atoms with E-state index in [1.807, 2.05) is 48.5 Å². The maximum atomic E-state index is 14.0. The van der Waals surface area contributed by atoms with Gasteiger partial charge >= 0.3 is 0 Å². The highest BCUT2D eigenvalue weighted by Gasteiger charge is 2.16. The van der Waals surface area contributed by atoms with Crippen LogP contribution in [0.5, 0.6) is 0 Å². The molecule has 0 saturated heterocycles. The summed E-state index contributed by atoms with van der Waals surface area (Å²) in [5, 5.41) is 7.21. The summed E-state index contributed by atoms with van der Waals surface area (Å²) in [6, 6.07) is 15.4. The number of hydrogen-bond acceptors (Lipinski definition) is 4. The Bertz CT molecular complexity index is 1020. The molecule has 0 amide bonds. The minimum atomic E-state index is -0.595. The van der Waals surface area contributed by atoms with Crippen LogP contribution in [0.15, 0.2) is 65.4 Å². The molecule has 7 heteroatoms. The number of nitrogens with one attached hydrogen (secondary N) is 1. The van der Waals surface area contributed by atoms with Crippen LogP contribution in [0.4, 0.5) is 10.2 Å². The van der Waals surface area contributed by atoms with Crippen molar-refractivity contribution in [3.05, 3.63) is 76.9 Å². The second-order valence-corrected chi connectivity index (χ2v) is 6.24. The van der Waals surface area contributed by atoms with E-state index in [4.69, 9.17) is 0 Å². The van der Waals surface area contributed by atoms with Crippen LogP contribution in [0.3, 0.4) is 0 Å². The van der Waals surface area contributed by atoms with Crippen LogP contribution >= 0.6 is 15.9 Å². The van der Waals surface area contributed by atoms with Gasteiger partial charge in [-0.25, -0.2) is 4.98 Å². The third kappa shape index (κ3) is 3.10. The molecule has 124 valence electrons. The van der Waals surface area contributed by atoms with Gasteiger partial charge in [0.05, 0.1) is 5.69 Å². The molecule has 3 aromatic heterocycles. The molecule has 25 heavy (non-hydrogen) atoms. The second kappa shape index (κ2) is 6.60. The minimum Gasteiger partial charge on any atom is -0.366 e. The highest BCUT2D eigenvalue weighted by atomic mass is 79.9. The van der Waals surface area contributed by atoms with Crippen molar-refractivity contribution in [2.45, 2.75) is 6.54 Å². The van der Waals surface area contributed by atoms with E-state index in [1.54, 1.807) is 12.4 Å². The van der Waals surface area contributed by atoms with Crippen LogP contribution in [-0.2, 0) is 6.54 Å². The van der Waals surface area contributed by atoms with E-state index >= 15 is 0 Å². The first-order chi connectivity index (χ1) is 12.2. The van der Waals surface area contributed by atoms with Crippen LogP contribution in [0.25, 0.3) is 16.9 Å². The lowest BCUT2D eigenvalue weighted by Crippen LogP contribution is -2.07. The van der Waals surface area contributed by atoms with Crippen LogP contribution in [-0.4, -0.2) is 19.6 Å². The summed E-state index contributed by atoms with van der Waals surface area (Å²) in [6.07, 6.45) is 3.50. The first-order valence-electron chi connectivity index (χ1n) is 7.65. The first kappa shape index (κ1) is 15.7. The average Bonchev–Trinajstić information content (AvgIpc) is 2.96. The number of rotatable bonds is 4. The zero-order valence-electron chi connectivity index (χ0n) is 13.0. The number of nitrogens with zero attached hydrogens (tertiary/aromatic N) is 4. The van der Waals surface area contributed by atoms with Gasteiger partial charge in [-0.1, -0.05) is 36.4 Å². The maximum Gasteiger partial charge on any atom is 0.249 e. The number of anilines is 1. The van der Waals surface area contributed by atoms with Crippen molar-refractivity contribution >= 4 is 27.4 Å². The Kier molecular flexibility index (Phi) is 4.15. The Hall–Kier alpha value is -2.80. The summed E-state index contributed by atoms with van der Waals surface area (Å²) in [5.41, 5.74) is 3.12. The van der Waals surface area contributed by atoms with Crippen molar-refractivity contribution in [1.29, 1.82) is 0 Å². The molecule has 5 nitrogen and oxygen atoms in total. The fourth-order valence-electron chi connectivity index (χ4n) is 2.54. The normalized spacial score (nSPS) is 11.0. The Morgan fingerprint density at radius 3 is 2.72 bits per heavy atom. The van der Waals surface area contributed by atoms with Gasteiger partial charge in [-0.05, 0) is 27.6 Å². The summed E-state index contributed by atoms with van der Waals surface area (Å²) in [6.45, 7) is 0.542. The maximum absolute atomic E-state index is 14.0. The fraction of sp³-hybridized carbons (Fsp3) is 0.0556. The fourth-order valence-corrected chi connectivity index (χ4v) is 2.88. The Morgan fingerprint density at radius 2 is 1.96 bits per heavy atom. The van der Waals surface area contributed by atoms with E-state index in [9.17, 15) is 4.39 Å². The smallest absolute Gasteiger partial charge is 0.249 e. The summed E-state index contributed by atoms with van der Waals surface area (Å²) in [7, 11) is 0. The molecule has 4 rings (SSSR count). The van der Waals surface area contributed by atoms with Crippen molar-refractivity contribution in [3.63, 3.8) is 0 Å². The number of halogens is 2. The number of hydrogen-bond donors (Lipinski definition) is 1. The van der Waals surface area contributed by atoms with Gasteiger partial charge in [0.15, 0.2) is 5.65 Å². The van der Waals surface area contributed by atoms with E-state index in [0.717, 1.165) is 16.8 Å². The number of benzene rings is 1. The molecule has 4 aromatic rings. The number of pyridine rings is 1. The molecule has 0 fully saturated rings. The van der Waals surface area contributed by atoms with Gasteiger partial charge in [0.1, 0.15) is 10.3 Å². The van der Waals surface area contributed by atoms with E-state index in [0.29, 0.717) is 18.0 Å². The summed E-state index contributed by atoms with van der Waals surface area (Å²) >= 11 is 3.23. The second-order valence-electron chi connectivity index (χ2n) is 5.45. The minimum absolute atomic E-state index is 0.245. The van der Waals surface area contributed by atoms with Crippen LogP contribution < -0.4 is 5.32 Å². The summed E-state index contributed by atoms with van der Waals surface area (Å²) < 4.78 is 15.7. The molecule has 3 heterocycles. The summed E-state index contributed by atoms with van der Waals surface area (Å²) in [4.78, 5) is 8.64. The molecule has 0 unspecified atom stereocenters. The van der Waals surface area contributed by atoms with Gasteiger partial charge in [0.2, 0.25) is 5.95 Å². The lowest BCUT2D eigenvalue weighted by molar-refractivity contribution is 0.566. The van der Waals surface area contributed by atoms with Gasteiger partial charge in [-0.3, -0.25) is 4.98 Å². The first-order valence-corrected chi connectivity index (χ1v) is 8.44. The molecule has 0 aliphatic heterocycles. The monoisotopic (exact) mass is 397 g/mol. The molecule has 0 aliphatic rings. The van der Waals surface area contributed by atoms with Gasteiger partial charge < -0.3 is 5.32 Å². The predicted octanol–water partition coefficient (Wildman–Crippen LogP) is 4.31. The Morgan fingerprint density at radius 1 is 1.12 bits per heavy atom. The quantitative estimate of drug-likeness (QED) is 0.557. The lowest BCUT2D eigenvalue weighted by atomic mass is 10.1. The molecule has 0 saturated carbocycles. The van der Waals surface area contributed by atoms with Crippen molar-refractivity contribution in [3.8, 4) is 11.3 Å². The molecule has 0 atom stereocenters. The topological polar surface area (TPSA) is 55.1 Å². The van der Waals surface area contributed by atoms with Gasteiger partial charge in [0, 0.05) is 30.6 Å². The zero-order valence-corrected chi connectivity index (χ0v) is 14.6. The van der Waals surface area contributed by atoms with E-state index < -0.39 is 5.95 Å². The van der Waals surface area contributed by atoms with E-state index in [2.05, 4.69) is 36.3 Å². The van der Waals surface area contributed by atoms with Crippen molar-refractivity contribution < 1.29 is 4.39 Å². The van der Waals surface area contributed by atoms with Crippen molar-refractivity contribution in [1.82, 2.24) is 19.6 Å². The highest BCUT2D eigenvalue weighted by Crippen LogP contribution is 2.27. The van der Waals surface area contributed by atoms with Gasteiger partial charge in [-0.2, -0.15) is 8.91 Å². The van der Waals surface area contributed by atoms with Crippen molar-refractivity contribution in [2.75, 3.05) is 5.32 Å². The van der Waals surface area contributed by atoms with Gasteiger partial charge in [0.25, 0.3) is 0 Å². The van der Waals surface area contributed by atoms with Crippen LogP contribution in [0.2, 0.25) is 0 Å².